The molecule has 0 amide bonds. The molecule has 4 heteroatoms. The van der Waals surface area contributed by atoms with Crippen molar-refractivity contribution in [1.82, 2.24) is 0 Å². The number of benzene rings is 2. The third kappa shape index (κ3) is 2.99. The molecule has 2 rings (SSSR count). The van der Waals surface area contributed by atoms with Gasteiger partial charge in [0.25, 0.3) is 0 Å². The Balaban J connectivity index is 2.52. The van der Waals surface area contributed by atoms with E-state index in [0.717, 1.165) is 5.56 Å². The first-order chi connectivity index (χ1) is 9.02. The van der Waals surface area contributed by atoms with Gasteiger partial charge in [0.1, 0.15) is 5.75 Å². The number of rotatable bonds is 3. The number of ketones is 1. The molecule has 0 heterocycles. The van der Waals surface area contributed by atoms with E-state index in [-0.39, 0.29) is 5.78 Å². The van der Waals surface area contributed by atoms with Gasteiger partial charge in [-0.25, -0.2) is 0 Å². The smallest absolute Gasteiger partial charge is 0.197 e. The predicted molar refractivity (Wildman–Crippen MR) is 80.3 cm³/mol. The molecule has 0 spiro atoms. The molecule has 2 aromatic carbocycles. The van der Waals surface area contributed by atoms with Gasteiger partial charge in [-0.2, -0.15) is 0 Å². The van der Waals surface area contributed by atoms with Gasteiger partial charge >= 0.3 is 0 Å². The third-order valence-corrected chi connectivity index (χ3v) is 3.67. The third-order valence-electron chi connectivity index (χ3n) is 2.78. The quantitative estimate of drug-likeness (QED) is 0.761. The van der Waals surface area contributed by atoms with Gasteiger partial charge in [0.2, 0.25) is 0 Å². The van der Waals surface area contributed by atoms with Crippen LogP contribution in [0.25, 0.3) is 0 Å². The van der Waals surface area contributed by atoms with E-state index in [9.17, 15) is 4.79 Å². The van der Waals surface area contributed by atoms with E-state index < -0.39 is 0 Å². The topological polar surface area (TPSA) is 26.3 Å². The lowest BCUT2D eigenvalue weighted by Gasteiger charge is -2.10. The van der Waals surface area contributed by atoms with Crippen molar-refractivity contribution in [1.29, 1.82) is 0 Å². The number of hydrogen-bond donors (Lipinski definition) is 0. The van der Waals surface area contributed by atoms with Crippen LogP contribution in [0.3, 0.4) is 0 Å². The van der Waals surface area contributed by atoms with E-state index in [1.807, 2.05) is 19.1 Å². The summed E-state index contributed by atoms with van der Waals surface area (Å²) in [6.45, 7) is 1.94. The summed E-state index contributed by atoms with van der Waals surface area (Å²) in [4.78, 5) is 12.6. The molecule has 0 unspecified atom stereocenters. The molecule has 0 aliphatic heterocycles. The minimum atomic E-state index is -0.0934. The van der Waals surface area contributed by atoms with Crippen molar-refractivity contribution in [2.24, 2.45) is 0 Å². The zero-order chi connectivity index (χ0) is 14.0. The molecule has 98 valence electrons. The van der Waals surface area contributed by atoms with Gasteiger partial charge in [0, 0.05) is 15.1 Å². The highest BCUT2D eigenvalue weighted by atomic mass is 79.9. The zero-order valence-electron chi connectivity index (χ0n) is 10.5. The Morgan fingerprint density at radius 1 is 1.16 bits per heavy atom. The molecule has 0 radical (unpaired) electrons. The second-order valence-corrected chi connectivity index (χ2v) is 5.45. The van der Waals surface area contributed by atoms with Crippen LogP contribution in [0.15, 0.2) is 40.9 Å². The monoisotopic (exact) mass is 338 g/mol. The number of halogens is 2. The highest BCUT2D eigenvalue weighted by molar-refractivity contribution is 9.10. The van der Waals surface area contributed by atoms with Crippen molar-refractivity contribution in [2.45, 2.75) is 6.92 Å². The van der Waals surface area contributed by atoms with Crippen LogP contribution in [0, 0.1) is 6.92 Å². The highest BCUT2D eigenvalue weighted by Crippen LogP contribution is 2.28. The molecule has 0 aliphatic rings. The average Bonchev–Trinajstić information content (AvgIpc) is 2.38. The number of methoxy groups -OCH3 is 1. The molecular formula is C15H12BrClO2. The molecule has 0 fully saturated rings. The van der Waals surface area contributed by atoms with Gasteiger partial charge in [0.15, 0.2) is 5.78 Å². The van der Waals surface area contributed by atoms with Crippen LogP contribution in [0.4, 0.5) is 0 Å². The molecule has 19 heavy (non-hydrogen) atoms. The van der Waals surface area contributed by atoms with Crippen molar-refractivity contribution in [3.05, 3.63) is 62.6 Å². The largest absolute Gasteiger partial charge is 0.496 e. The van der Waals surface area contributed by atoms with Crippen LogP contribution in [-0.4, -0.2) is 12.9 Å². The first kappa shape index (κ1) is 14.1. The maximum Gasteiger partial charge on any atom is 0.197 e. The molecule has 0 bridgehead atoms. The molecular weight excluding hydrogens is 328 g/mol. The first-order valence-electron chi connectivity index (χ1n) is 5.67. The summed E-state index contributed by atoms with van der Waals surface area (Å²) in [7, 11) is 1.55. The van der Waals surface area contributed by atoms with Crippen molar-refractivity contribution in [3.8, 4) is 5.75 Å². The van der Waals surface area contributed by atoms with Crippen LogP contribution in [0.2, 0.25) is 5.02 Å². The van der Waals surface area contributed by atoms with E-state index in [0.29, 0.717) is 26.4 Å². The van der Waals surface area contributed by atoms with Gasteiger partial charge in [0.05, 0.1) is 12.7 Å². The van der Waals surface area contributed by atoms with E-state index in [4.69, 9.17) is 16.3 Å². The summed E-state index contributed by atoms with van der Waals surface area (Å²) in [5.41, 5.74) is 2.12. The van der Waals surface area contributed by atoms with Gasteiger partial charge in [-0.15, -0.1) is 0 Å². The summed E-state index contributed by atoms with van der Waals surface area (Å²) in [5.74, 6) is 0.474. The van der Waals surface area contributed by atoms with Crippen LogP contribution in [0.5, 0.6) is 5.75 Å². The summed E-state index contributed by atoms with van der Waals surface area (Å²) in [5, 5.41) is 0.583. The lowest BCUT2D eigenvalue weighted by molar-refractivity contribution is 0.103. The standard InChI is InChI=1S/C15H12BrClO2/c1-9-3-6-14(19-2)12(7-9)15(18)11-5-4-10(17)8-13(11)16/h3-8H,1-2H3. The number of carbonyl (C=O) groups is 1. The van der Waals surface area contributed by atoms with E-state index >= 15 is 0 Å². The highest BCUT2D eigenvalue weighted by Gasteiger charge is 2.17. The lowest BCUT2D eigenvalue weighted by Crippen LogP contribution is -2.05. The fraction of sp³-hybridized carbons (Fsp3) is 0.133. The average molecular weight is 340 g/mol. The van der Waals surface area contributed by atoms with E-state index in [2.05, 4.69) is 15.9 Å². The van der Waals surface area contributed by atoms with Crippen LogP contribution >= 0.6 is 27.5 Å². The van der Waals surface area contributed by atoms with Crippen LogP contribution in [-0.2, 0) is 0 Å². The minimum absolute atomic E-state index is 0.0934. The first-order valence-corrected chi connectivity index (χ1v) is 6.84. The minimum Gasteiger partial charge on any atom is -0.496 e. The number of hydrogen-bond acceptors (Lipinski definition) is 2. The maximum absolute atomic E-state index is 12.6. The number of ether oxygens (including phenoxy) is 1. The Kier molecular flexibility index (Phi) is 4.27. The van der Waals surface area contributed by atoms with Crippen molar-refractivity contribution < 1.29 is 9.53 Å². The summed E-state index contributed by atoms with van der Waals surface area (Å²) >= 11 is 9.25. The molecule has 0 saturated heterocycles. The van der Waals surface area contributed by atoms with Gasteiger partial charge < -0.3 is 4.74 Å². The number of aryl methyl sites for hydroxylation is 1. The zero-order valence-corrected chi connectivity index (χ0v) is 12.9. The molecule has 2 nitrogen and oxygen atoms in total. The van der Waals surface area contributed by atoms with Crippen LogP contribution < -0.4 is 4.74 Å². The predicted octanol–water partition coefficient (Wildman–Crippen LogP) is 4.65. The molecule has 0 aliphatic carbocycles. The second-order valence-electron chi connectivity index (χ2n) is 4.16. The van der Waals surface area contributed by atoms with E-state index in [1.54, 1.807) is 31.4 Å². The Morgan fingerprint density at radius 2 is 1.89 bits per heavy atom. The Bertz CT molecular complexity index is 638. The van der Waals surface area contributed by atoms with Crippen LogP contribution in [0.1, 0.15) is 21.5 Å². The lowest BCUT2D eigenvalue weighted by atomic mass is 10.0. The normalized spacial score (nSPS) is 10.3. The Hall–Kier alpha value is -1.32. The van der Waals surface area contributed by atoms with Gasteiger partial charge in [-0.05, 0) is 53.2 Å². The van der Waals surface area contributed by atoms with Gasteiger partial charge in [-0.3, -0.25) is 4.79 Å². The second kappa shape index (κ2) is 5.76. The molecule has 0 atom stereocenters. The summed E-state index contributed by atoms with van der Waals surface area (Å²) in [6, 6.07) is 10.6. The molecule has 0 N–H and O–H groups in total. The molecule has 0 aromatic heterocycles. The summed E-state index contributed by atoms with van der Waals surface area (Å²) < 4.78 is 5.92. The van der Waals surface area contributed by atoms with E-state index in [1.165, 1.54) is 0 Å². The SMILES string of the molecule is COc1ccc(C)cc1C(=O)c1ccc(Cl)cc1Br. The van der Waals surface area contributed by atoms with Gasteiger partial charge in [-0.1, -0.05) is 23.2 Å². The maximum atomic E-state index is 12.6. The number of carbonyl (C=O) groups excluding carboxylic acids is 1. The molecule has 0 saturated carbocycles. The fourth-order valence-corrected chi connectivity index (χ4v) is 2.68. The van der Waals surface area contributed by atoms with Crippen molar-refractivity contribution >= 4 is 33.3 Å². The van der Waals surface area contributed by atoms with Crippen molar-refractivity contribution in [2.75, 3.05) is 7.11 Å². The summed E-state index contributed by atoms with van der Waals surface area (Å²) in [6.07, 6.45) is 0. The Labute approximate surface area is 125 Å². The Morgan fingerprint density at radius 3 is 2.53 bits per heavy atom. The van der Waals surface area contributed by atoms with Crippen molar-refractivity contribution in [3.63, 3.8) is 0 Å². The molecule has 2 aromatic rings. The fourth-order valence-electron chi connectivity index (χ4n) is 1.82.